The van der Waals surface area contributed by atoms with Crippen molar-refractivity contribution in [2.24, 2.45) is 0 Å². The van der Waals surface area contributed by atoms with Crippen molar-refractivity contribution in [2.75, 3.05) is 23.3 Å². The van der Waals surface area contributed by atoms with Gasteiger partial charge in [-0.2, -0.15) is 0 Å². The van der Waals surface area contributed by atoms with Gasteiger partial charge in [-0.25, -0.2) is 9.97 Å². The second kappa shape index (κ2) is 7.47. The molecule has 1 aliphatic rings. The maximum absolute atomic E-state index is 12.7. The summed E-state index contributed by atoms with van der Waals surface area (Å²) < 4.78 is 0. The summed E-state index contributed by atoms with van der Waals surface area (Å²) in [6, 6.07) is 11.4. The van der Waals surface area contributed by atoms with E-state index in [1.807, 2.05) is 30.3 Å². The van der Waals surface area contributed by atoms with Crippen LogP contribution >= 0.6 is 0 Å². The summed E-state index contributed by atoms with van der Waals surface area (Å²) >= 11 is 0. The quantitative estimate of drug-likeness (QED) is 0.783. The van der Waals surface area contributed by atoms with Gasteiger partial charge in [0, 0.05) is 30.7 Å². The fourth-order valence-corrected chi connectivity index (χ4v) is 3.34. The van der Waals surface area contributed by atoms with Gasteiger partial charge in [-0.3, -0.25) is 9.78 Å². The maximum Gasteiger partial charge on any atom is 0.274 e. The van der Waals surface area contributed by atoms with Gasteiger partial charge in [0.1, 0.15) is 17.8 Å². The average Bonchev–Trinajstić information content (AvgIpc) is 2.98. The number of benzene rings is 1. The Kier molecular flexibility index (Phi) is 4.73. The number of carbonyl (C=O) groups excluding carboxylic acids is 1. The monoisotopic (exact) mass is 347 g/mol. The summed E-state index contributed by atoms with van der Waals surface area (Å²) in [5, 5.41) is 3.92. The lowest BCUT2D eigenvalue weighted by Gasteiger charge is -2.21. The molecule has 3 aromatic rings. The molecule has 1 aromatic carbocycles. The molecule has 4 rings (SSSR count). The fraction of sp³-hybridized carbons (Fsp3) is 0.300. The van der Waals surface area contributed by atoms with E-state index in [9.17, 15) is 4.79 Å². The largest absolute Gasteiger partial charge is 0.357 e. The molecule has 0 atom stereocenters. The molecule has 0 saturated carbocycles. The molecule has 0 unspecified atom stereocenters. The van der Waals surface area contributed by atoms with E-state index in [1.54, 1.807) is 12.3 Å². The van der Waals surface area contributed by atoms with Crippen molar-refractivity contribution in [1.29, 1.82) is 0 Å². The third-order valence-electron chi connectivity index (χ3n) is 4.70. The van der Waals surface area contributed by atoms with E-state index >= 15 is 0 Å². The van der Waals surface area contributed by atoms with Crippen LogP contribution in [0.15, 0.2) is 48.9 Å². The Bertz CT molecular complexity index is 913. The predicted molar refractivity (Wildman–Crippen MR) is 102 cm³/mol. The Hall–Kier alpha value is -3.02. The van der Waals surface area contributed by atoms with Gasteiger partial charge in [0.2, 0.25) is 0 Å². The number of aromatic nitrogens is 3. The molecule has 26 heavy (non-hydrogen) atoms. The van der Waals surface area contributed by atoms with Crippen LogP contribution in [0.5, 0.6) is 0 Å². The number of pyridine rings is 1. The molecule has 6 nitrogen and oxygen atoms in total. The van der Waals surface area contributed by atoms with Crippen molar-refractivity contribution in [2.45, 2.75) is 25.7 Å². The van der Waals surface area contributed by atoms with Gasteiger partial charge in [0.05, 0.1) is 11.2 Å². The van der Waals surface area contributed by atoms with Crippen molar-refractivity contribution >= 4 is 28.3 Å². The van der Waals surface area contributed by atoms with Gasteiger partial charge >= 0.3 is 0 Å². The molecule has 6 heteroatoms. The normalized spacial score (nSPS) is 14.8. The van der Waals surface area contributed by atoms with Crippen LogP contribution in [0.4, 0.5) is 11.5 Å². The third-order valence-corrected chi connectivity index (χ3v) is 4.70. The molecule has 1 N–H and O–H groups in total. The number of amides is 1. The number of hydrogen-bond acceptors (Lipinski definition) is 5. The number of carbonyl (C=O) groups is 1. The van der Waals surface area contributed by atoms with Gasteiger partial charge in [-0.1, -0.05) is 31.0 Å². The van der Waals surface area contributed by atoms with Crippen LogP contribution in [0.2, 0.25) is 0 Å². The minimum Gasteiger partial charge on any atom is -0.357 e. The minimum absolute atomic E-state index is 0.248. The van der Waals surface area contributed by atoms with Crippen LogP contribution < -0.4 is 10.2 Å². The molecule has 0 spiro atoms. The van der Waals surface area contributed by atoms with Gasteiger partial charge in [0.15, 0.2) is 0 Å². The van der Waals surface area contributed by atoms with Gasteiger partial charge in [0.25, 0.3) is 5.91 Å². The van der Waals surface area contributed by atoms with Crippen molar-refractivity contribution in [3.05, 3.63) is 54.6 Å². The van der Waals surface area contributed by atoms with E-state index in [-0.39, 0.29) is 5.91 Å². The third kappa shape index (κ3) is 3.49. The summed E-state index contributed by atoms with van der Waals surface area (Å²) in [5.74, 6) is 0.574. The Morgan fingerprint density at radius 3 is 2.62 bits per heavy atom. The maximum atomic E-state index is 12.7. The Balaban J connectivity index is 1.57. The average molecular weight is 347 g/mol. The molecule has 3 heterocycles. The van der Waals surface area contributed by atoms with Crippen molar-refractivity contribution in [1.82, 2.24) is 15.0 Å². The second-order valence-electron chi connectivity index (χ2n) is 6.50. The zero-order valence-corrected chi connectivity index (χ0v) is 14.6. The van der Waals surface area contributed by atoms with E-state index in [0.29, 0.717) is 11.4 Å². The lowest BCUT2D eigenvalue weighted by Crippen LogP contribution is -2.25. The molecule has 132 valence electrons. The van der Waals surface area contributed by atoms with Crippen molar-refractivity contribution < 1.29 is 4.79 Å². The predicted octanol–water partition coefficient (Wildman–Crippen LogP) is 3.66. The van der Waals surface area contributed by atoms with E-state index in [2.05, 4.69) is 25.2 Å². The molecule has 1 amide bonds. The first-order valence-electron chi connectivity index (χ1n) is 9.03. The zero-order chi connectivity index (χ0) is 17.8. The summed E-state index contributed by atoms with van der Waals surface area (Å²) in [6.07, 6.45) is 8.02. The highest BCUT2D eigenvalue weighted by molar-refractivity contribution is 6.07. The molecule has 0 bridgehead atoms. The van der Waals surface area contributed by atoms with Crippen LogP contribution in [0.1, 0.15) is 36.2 Å². The smallest absolute Gasteiger partial charge is 0.274 e. The molecule has 0 radical (unpaired) electrons. The highest BCUT2D eigenvalue weighted by Gasteiger charge is 2.15. The van der Waals surface area contributed by atoms with Crippen LogP contribution in [0, 0.1) is 0 Å². The van der Waals surface area contributed by atoms with Crippen molar-refractivity contribution in [3.63, 3.8) is 0 Å². The zero-order valence-electron chi connectivity index (χ0n) is 14.6. The standard InChI is InChI=1S/C20H21N5O/c26-20(24-16-9-5-7-15-8-6-10-21-19(15)16)17-13-18(23-14-22-17)25-11-3-1-2-4-12-25/h5-10,13-14H,1-4,11-12H2,(H,24,26). The van der Waals surface area contributed by atoms with E-state index in [4.69, 9.17) is 0 Å². The van der Waals surface area contributed by atoms with Gasteiger partial charge < -0.3 is 10.2 Å². The second-order valence-corrected chi connectivity index (χ2v) is 6.50. The molecule has 1 fully saturated rings. The SMILES string of the molecule is O=C(Nc1cccc2cccnc12)c1cc(N2CCCCCC2)ncn1. The number of para-hydroxylation sites is 1. The van der Waals surface area contributed by atoms with Crippen LogP contribution in [0.25, 0.3) is 10.9 Å². The molecule has 0 aliphatic carbocycles. The van der Waals surface area contributed by atoms with Crippen LogP contribution in [-0.4, -0.2) is 33.9 Å². The molecule has 1 aliphatic heterocycles. The first-order valence-corrected chi connectivity index (χ1v) is 9.03. The van der Waals surface area contributed by atoms with E-state index in [1.165, 1.54) is 19.2 Å². The summed E-state index contributed by atoms with van der Waals surface area (Å²) in [6.45, 7) is 1.95. The van der Waals surface area contributed by atoms with Gasteiger partial charge in [-0.05, 0) is 25.0 Å². The summed E-state index contributed by atoms with van der Waals surface area (Å²) in [4.78, 5) is 27.9. The highest BCUT2D eigenvalue weighted by atomic mass is 16.1. The van der Waals surface area contributed by atoms with Crippen LogP contribution in [0.3, 0.4) is 0 Å². The van der Waals surface area contributed by atoms with E-state index in [0.717, 1.165) is 42.7 Å². The first kappa shape index (κ1) is 16.4. The Morgan fingerprint density at radius 1 is 0.962 bits per heavy atom. The fourth-order valence-electron chi connectivity index (χ4n) is 3.34. The molecular formula is C20H21N5O. The molecular weight excluding hydrogens is 326 g/mol. The molecule has 2 aromatic heterocycles. The molecule has 1 saturated heterocycles. The Labute approximate surface area is 152 Å². The summed E-state index contributed by atoms with van der Waals surface area (Å²) in [7, 11) is 0. The minimum atomic E-state index is -0.248. The number of fused-ring (bicyclic) bond motifs is 1. The highest BCUT2D eigenvalue weighted by Crippen LogP contribution is 2.22. The van der Waals surface area contributed by atoms with Crippen molar-refractivity contribution in [3.8, 4) is 0 Å². The number of hydrogen-bond donors (Lipinski definition) is 1. The lowest BCUT2D eigenvalue weighted by molar-refractivity contribution is 0.102. The Morgan fingerprint density at radius 2 is 1.77 bits per heavy atom. The summed E-state index contributed by atoms with van der Waals surface area (Å²) in [5.41, 5.74) is 1.82. The number of nitrogens with zero attached hydrogens (tertiary/aromatic N) is 4. The van der Waals surface area contributed by atoms with Crippen LogP contribution in [-0.2, 0) is 0 Å². The number of nitrogens with one attached hydrogen (secondary N) is 1. The lowest BCUT2D eigenvalue weighted by atomic mass is 10.2. The number of rotatable bonds is 3. The first-order chi connectivity index (χ1) is 12.8. The topological polar surface area (TPSA) is 71.0 Å². The number of anilines is 2. The van der Waals surface area contributed by atoms with E-state index < -0.39 is 0 Å². The van der Waals surface area contributed by atoms with Gasteiger partial charge in [-0.15, -0.1) is 0 Å².